The highest BCUT2D eigenvalue weighted by atomic mass is 16.5. The summed E-state index contributed by atoms with van der Waals surface area (Å²) in [4.78, 5) is 13.2. The molecule has 98 valence electrons. The number of nitrogens with zero attached hydrogens (tertiary/aromatic N) is 1. The molecule has 0 radical (unpaired) electrons. The van der Waals surface area contributed by atoms with Crippen LogP contribution in [0.2, 0.25) is 0 Å². The van der Waals surface area contributed by atoms with Crippen molar-refractivity contribution >= 4 is 5.91 Å². The van der Waals surface area contributed by atoms with Gasteiger partial charge in [-0.3, -0.25) is 9.69 Å². The summed E-state index contributed by atoms with van der Waals surface area (Å²) in [5.74, 6) is 0.633. The van der Waals surface area contributed by atoms with E-state index in [1.165, 1.54) is 5.56 Å². The van der Waals surface area contributed by atoms with Gasteiger partial charge < -0.3 is 10.5 Å². The van der Waals surface area contributed by atoms with Crippen molar-refractivity contribution in [3.8, 4) is 5.75 Å². The van der Waals surface area contributed by atoms with Crippen molar-refractivity contribution in [1.29, 1.82) is 0 Å². The number of rotatable bonds is 5. The first kappa shape index (κ1) is 12.9. The Kier molecular flexibility index (Phi) is 4.20. The van der Waals surface area contributed by atoms with Crippen molar-refractivity contribution < 1.29 is 9.53 Å². The first-order valence-corrected chi connectivity index (χ1v) is 6.46. The average molecular weight is 248 g/mol. The lowest BCUT2D eigenvalue weighted by Crippen LogP contribution is -2.33. The van der Waals surface area contributed by atoms with E-state index >= 15 is 0 Å². The van der Waals surface area contributed by atoms with E-state index < -0.39 is 0 Å². The molecule has 1 atom stereocenters. The predicted molar refractivity (Wildman–Crippen MR) is 70.4 cm³/mol. The summed E-state index contributed by atoms with van der Waals surface area (Å²) in [5.41, 5.74) is 6.51. The van der Waals surface area contributed by atoms with E-state index in [1.54, 1.807) is 0 Å². The second-order valence-corrected chi connectivity index (χ2v) is 4.60. The number of nitrogens with two attached hydrogens (primary N) is 1. The van der Waals surface area contributed by atoms with Crippen LogP contribution >= 0.6 is 0 Å². The molecule has 0 spiro atoms. The largest absolute Gasteiger partial charge is 0.494 e. The van der Waals surface area contributed by atoms with Crippen LogP contribution in [-0.2, 0) is 4.79 Å². The van der Waals surface area contributed by atoms with Gasteiger partial charge in [-0.1, -0.05) is 12.1 Å². The van der Waals surface area contributed by atoms with Gasteiger partial charge in [0.1, 0.15) is 5.75 Å². The molecule has 1 aliphatic heterocycles. The summed E-state index contributed by atoms with van der Waals surface area (Å²) in [7, 11) is 0. The van der Waals surface area contributed by atoms with E-state index in [4.69, 9.17) is 10.5 Å². The Hall–Kier alpha value is -1.55. The zero-order chi connectivity index (χ0) is 13.0. The Morgan fingerprint density at radius 1 is 1.44 bits per heavy atom. The number of carbonyl (C=O) groups is 1. The van der Waals surface area contributed by atoms with Gasteiger partial charge in [0.15, 0.2) is 0 Å². The fourth-order valence-corrected chi connectivity index (χ4v) is 2.55. The van der Waals surface area contributed by atoms with Crippen molar-refractivity contribution in [2.24, 2.45) is 5.73 Å². The molecule has 18 heavy (non-hydrogen) atoms. The SMILES string of the molecule is CCOc1ccc([C@H]2CCCN2CC(N)=O)cc1. The van der Waals surface area contributed by atoms with E-state index in [1.807, 2.05) is 19.1 Å². The standard InChI is InChI=1S/C14H20N2O2/c1-2-18-12-7-5-11(6-8-12)13-4-3-9-16(13)10-14(15)17/h5-8,13H,2-4,9-10H2,1H3,(H2,15,17)/t13-/m1/s1. The van der Waals surface area contributed by atoms with E-state index in [0.717, 1.165) is 25.1 Å². The summed E-state index contributed by atoms with van der Waals surface area (Å²) in [6, 6.07) is 8.44. The molecule has 1 aromatic rings. The minimum Gasteiger partial charge on any atom is -0.494 e. The maximum atomic E-state index is 11.0. The van der Waals surface area contributed by atoms with E-state index in [9.17, 15) is 4.79 Å². The molecule has 0 aromatic heterocycles. The Balaban J connectivity index is 2.07. The highest BCUT2D eigenvalue weighted by Gasteiger charge is 2.26. The number of ether oxygens (including phenoxy) is 1. The van der Waals surface area contributed by atoms with Crippen molar-refractivity contribution in [3.63, 3.8) is 0 Å². The number of hydrogen-bond donors (Lipinski definition) is 1. The molecule has 1 saturated heterocycles. The summed E-state index contributed by atoms with van der Waals surface area (Å²) >= 11 is 0. The van der Waals surface area contributed by atoms with Crippen LogP contribution in [0.4, 0.5) is 0 Å². The van der Waals surface area contributed by atoms with Gasteiger partial charge in [0.25, 0.3) is 0 Å². The van der Waals surface area contributed by atoms with E-state index in [-0.39, 0.29) is 5.91 Å². The molecule has 2 N–H and O–H groups in total. The smallest absolute Gasteiger partial charge is 0.231 e. The molecule has 4 nitrogen and oxygen atoms in total. The summed E-state index contributed by atoms with van der Waals surface area (Å²) in [6.45, 7) is 3.94. The molecule has 1 amide bonds. The minimum absolute atomic E-state index is 0.257. The Morgan fingerprint density at radius 2 is 2.17 bits per heavy atom. The molecule has 4 heteroatoms. The molecular weight excluding hydrogens is 228 g/mol. The average Bonchev–Trinajstić information content (AvgIpc) is 2.78. The van der Waals surface area contributed by atoms with Crippen LogP contribution in [0.3, 0.4) is 0 Å². The maximum absolute atomic E-state index is 11.0. The van der Waals surface area contributed by atoms with Crippen LogP contribution < -0.4 is 10.5 Å². The summed E-state index contributed by atoms with van der Waals surface area (Å²) in [6.07, 6.45) is 2.20. The lowest BCUT2D eigenvalue weighted by molar-refractivity contribution is -0.119. The third-order valence-corrected chi connectivity index (χ3v) is 3.30. The predicted octanol–water partition coefficient (Wildman–Crippen LogP) is 1.71. The minimum atomic E-state index is -0.257. The fraction of sp³-hybridized carbons (Fsp3) is 0.500. The second-order valence-electron chi connectivity index (χ2n) is 4.60. The third kappa shape index (κ3) is 3.01. The van der Waals surface area contributed by atoms with Gasteiger partial charge in [0, 0.05) is 6.04 Å². The number of carbonyl (C=O) groups excluding carboxylic acids is 1. The Labute approximate surface area is 108 Å². The normalized spacial score (nSPS) is 19.9. The monoisotopic (exact) mass is 248 g/mol. The molecular formula is C14H20N2O2. The van der Waals surface area contributed by atoms with Gasteiger partial charge in [0.05, 0.1) is 13.2 Å². The fourth-order valence-electron chi connectivity index (χ4n) is 2.55. The first-order chi connectivity index (χ1) is 8.70. The Bertz CT molecular complexity index is 403. The number of hydrogen-bond acceptors (Lipinski definition) is 3. The zero-order valence-corrected chi connectivity index (χ0v) is 10.8. The molecule has 0 saturated carbocycles. The van der Waals surface area contributed by atoms with Crippen molar-refractivity contribution in [1.82, 2.24) is 4.90 Å². The van der Waals surface area contributed by atoms with Crippen LogP contribution in [0.5, 0.6) is 5.75 Å². The number of likely N-dealkylation sites (tertiary alicyclic amines) is 1. The van der Waals surface area contributed by atoms with Gasteiger partial charge in [-0.15, -0.1) is 0 Å². The van der Waals surface area contributed by atoms with Gasteiger partial charge >= 0.3 is 0 Å². The van der Waals surface area contributed by atoms with Gasteiger partial charge in [-0.25, -0.2) is 0 Å². The molecule has 2 rings (SSSR count). The molecule has 0 aliphatic carbocycles. The lowest BCUT2D eigenvalue weighted by Gasteiger charge is -2.23. The van der Waals surface area contributed by atoms with E-state index in [0.29, 0.717) is 19.2 Å². The number of benzene rings is 1. The van der Waals surface area contributed by atoms with Crippen LogP contribution in [-0.4, -0.2) is 30.5 Å². The van der Waals surface area contributed by atoms with Gasteiger partial charge in [-0.05, 0) is 44.0 Å². The quantitative estimate of drug-likeness (QED) is 0.863. The van der Waals surface area contributed by atoms with Gasteiger partial charge in [0.2, 0.25) is 5.91 Å². The van der Waals surface area contributed by atoms with Gasteiger partial charge in [-0.2, -0.15) is 0 Å². The molecule has 0 unspecified atom stereocenters. The maximum Gasteiger partial charge on any atom is 0.231 e. The molecule has 1 aliphatic rings. The number of amides is 1. The second kappa shape index (κ2) is 5.87. The Morgan fingerprint density at radius 3 is 2.78 bits per heavy atom. The molecule has 1 aromatic carbocycles. The summed E-state index contributed by atoms with van der Waals surface area (Å²) < 4.78 is 5.43. The highest BCUT2D eigenvalue weighted by Crippen LogP contribution is 2.32. The van der Waals surface area contributed by atoms with Crippen LogP contribution in [0, 0.1) is 0 Å². The highest BCUT2D eigenvalue weighted by molar-refractivity contribution is 5.76. The first-order valence-electron chi connectivity index (χ1n) is 6.46. The third-order valence-electron chi connectivity index (χ3n) is 3.30. The molecule has 0 bridgehead atoms. The summed E-state index contributed by atoms with van der Waals surface area (Å²) in [5, 5.41) is 0. The van der Waals surface area contributed by atoms with E-state index in [2.05, 4.69) is 17.0 Å². The number of primary amides is 1. The van der Waals surface area contributed by atoms with Crippen LogP contribution in [0.15, 0.2) is 24.3 Å². The van der Waals surface area contributed by atoms with Crippen molar-refractivity contribution in [2.75, 3.05) is 19.7 Å². The van der Waals surface area contributed by atoms with Crippen molar-refractivity contribution in [3.05, 3.63) is 29.8 Å². The topological polar surface area (TPSA) is 55.6 Å². The lowest BCUT2D eigenvalue weighted by atomic mass is 10.0. The van der Waals surface area contributed by atoms with Crippen LogP contribution in [0.1, 0.15) is 31.4 Å². The van der Waals surface area contributed by atoms with Crippen LogP contribution in [0.25, 0.3) is 0 Å². The van der Waals surface area contributed by atoms with Crippen molar-refractivity contribution in [2.45, 2.75) is 25.8 Å². The molecule has 1 heterocycles. The molecule has 1 fully saturated rings. The zero-order valence-electron chi connectivity index (χ0n) is 10.8.